The van der Waals surface area contributed by atoms with Crippen LogP contribution in [0.4, 0.5) is 0 Å². The standard InChI is InChI=1S/C16H17Cl2N3/c17-13-6-1-11(2-7-13)3-10-15(21-16(19)20)12-4-8-14(18)9-5-12/h1-2,4-9,15H,3,10H2,(H4,19,20,21). The van der Waals surface area contributed by atoms with Gasteiger partial charge in [-0.05, 0) is 48.2 Å². The lowest BCUT2D eigenvalue weighted by Crippen LogP contribution is -2.24. The van der Waals surface area contributed by atoms with E-state index in [9.17, 15) is 0 Å². The lowest BCUT2D eigenvalue weighted by molar-refractivity contribution is 0.652. The molecule has 0 aliphatic carbocycles. The molecule has 21 heavy (non-hydrogen) atoms. The number of guanidine groups is 1. The third-order valence-electron chi connectivity index (χ3n) is 3.18. The fourth-order valence-electron chi connectivity index (χ4n) is 2.13. The Balaban J connectivity index is 2.11. The maximum absolute atomic E-state index is 5.91. The minimum Gasteiger partial charge on any atom is -0.370 e. The van der Waals surface area contributed by atoms with Crippen LogP contribution in [0.3, 0.4) is 0 Å². The van der Waals surface area contributed by atoms with Crippen molar-refractivity contribution in [1.29, 1.82) is 0 Å². The molecule has 5 heteroatoms. The van der Waals surface area contributed by atoms with Crippen molar-refractivity contribution in [3.05, 3.63) is 69.7 Å². The lowest BCUT2D eigenvalue weighted by atomic mass is 9.99. The highest BCUT2D eigenvalue weighted by molar-refractivity contribution is 6.30. The number of nitrogens with zero attached hydrogens (tertiary/aromatic N) is 1. The van der Waals surface area contributed by atoms with Gasteiger partial charge in [0.05, 0.1) is 6.04 Å². The van der Waals surface area contributed by atoms with Crippen molar-refractivity contribution in [3.8, 4) is 0 Å². The normalized spacial score (nSPS) is 11.9. The van der Waals surface area contributed by atoms with Gasteiger partial charge in [0.1, 0.15) is 0 Å². The molecule has 0 aromatic heterocycles. The highest BCUT2D eigenvalue weighted by Gasteiger charge is 2.11. The SMILES string of the molecule is NC(N)=NC(CCc1ccc(Cl)cc1)c1ccc(Cl)cc1. The summed E-state index contributed by atoms with van der Waals surface area (Å²) in [6.07, 6.45) is 1.67. The van der Waals surface area contributed by atoms with Crippen LogP contribution < -0.4 is 11.5 Å². The molecule has 0 spiro atoms. The van der Waals surface area contributed by atoms with Crippen LogP contribution in [0.5, 0.6) is 0 Å². The van der Waals surface area contributed by atoms with Gasteiger partial charge >= 0.3 is 0 Å². The Morgan fingerprint density at radius 2 is 1.43 bits per heavy atom. The molecular weight excluding hydrogens is 305 g/mol. The van der Waals surface area contributed by atoms with Gasteiger partial charge in [-0.25, -0.2) is 4.99 Å². The number of hydrogen-bond acceptors (Lipinski definition) is 1. The van der Waals surface area contributed by atoms with Gasteiger partial charge in [-0.2, -0.15) is 0 Å². The molecule has 0 heterocycles. The second-order valence-corrected chi connectivity index (χ2v) is 5.66. The number of halogens is 2. The van der Waals surface area contributed by atoms with Crippen molar-refractivity contribution in [2.24, 2.45) is 16.5 Å². The first-order valence-electron chi connectivity index (χ1n) is 6.63. The second-order valence-electron chi connectivity index (χ2n) is 4.79. The zero-order valence-electron chi connectivity index (χ0n) is 11.5. The molecule has 0 bridgehead atoms. The summed E-state index contributed by atoms with van der Waals surface area (Å²) in [5, 5.41) is 1.43. The number of benzene rings is 2. The van der Waals surface area contributed by atoms with Crippen LogP contribution in [0, 0.1) is 0 Å². The number of hydrogen-bond donors (Lipinski definition) is 2. The molecule has 0 saturated heterocycles. The summed E-state index contributed by atoms with van der Waals surface area (Å²) in [6, 6.07) is 15.3. The maximum atomic E-state index is 5.91. The number of rotatable bonds is 5. The van der Waals surface area contributed by atoms with Gasteiger partial charge in [-0.1, -0.05) is 47.5 Å². The molecule has 1 unspecified atom stereocenters. The fourth-order valence-corrected chi connectivity index (χ4v) is 2.38. The van der Waals surface area contributed by atoms with E-state index in [2.05, 4.69) is 4.99 Å². The molecule has 0 radical (unpaired) electrons. The first-order chi connectivity index (χ1) is 10.0. The Hall–Kier alpha value is -1.71. The fraction of sp³-hybridized carbons (Fsp3) is 0.188. The van der Waals surface area contributed by atoms with Gasteiger partial charge in [-0.15, -0.1) is 0 Å². The number of aryl methyl sites for hydroxylation is 1. The highest BCUT2D eigenvalue weighted by Crippen LogP contribution is 2.25. The maximum Gasteiger partial charge on any atom is 0.186 e. The Morgan fingerprint density at radius 1 is 0.905 bits per heavy atom. The summed E-state index contributed by atoms with van der Waals surface area (Å²) in [5.41, 5.74) is 13.3. The molecular formula is C16H17Cl2N3. The van der Waals surface area contributed by atoms with Gasteiger partial charge < -0.3 is 11.5 Å². The quantitative estimate of drug-likeness (QED) is 0.647. The molecule has 110 valence electrons. The van der Waals surface area contributed by atoms with Gasteiger partial charge in [0.15, 0.2) is 5.96 Å². The molecule has 4 N–H and O–H groups in total. The molecule has 0 saturated carbocycles. The minimum absolute atomic E-state index is 0.0806. The third-order valence-corrected chi connectivity index (χ3v) is 3.68. The first kappa shape index (κ1) is 15.7. The summed E-state index contributed by atoms with van der Waals surface area (Å²) in [7, 11) is 0. The van der Waals surface area contributed by atoms with Crippen molar-refractivity contribution in [3.63, 3.8) is 0 Å². The van der Waals surface area contributed by atoms with Crippen molar-refractivity contribution >= 4 is 29.2 Å². The molecule has 1 atom stereocenters. The van der Waals surface area contributed by atoms with E-state index in [1.807, 2.05) is 48.5 Å². The van der Waals surface area contributed by atoms with Crippen LogP contribution in [-0.4, -0.2) is 5.96 Å². The average molecular weight is 322 g/mol. The topological polar surface area (TPSA) is 64.4 Å². The van der Waals surface area contributed by atoms with E-state index in [0.29, 0.717) is 5.02 Å². The van der Waals surface area contributed by atoms with E-state index < -0.39 is 0 Å². The Morgan fingerprint density at radius 3 is 1.95 bits per heavy atom. The third kappa shape index (κ3) is 4.96. The van der Waals surface area contributed by atoms with E-state index in [4.69, 9.17) is 34.7 Å². The predicted octanol–water partition coefficient (Wildman–Crippen LogP) is 3.94. The van der Waals surface area contributed by atoms with E-state index in [1.165, 1.54) is 5.56 Å². The molecule has 0 amide bonds. The van der Waals surface area contributed by atoms with Gasteiger partial charge in [0, 0.05) is 10.0 Å². The van der Waals surface area contributed by atoms with Crippen LogP contribution in [0.2, 0.25) is 10.0 Å². The van der Waals surface area contributed by atoms with Gasteiger partial charge in [0.25, 0.3) is 0 Å². The molecule has 0 aliphatic heterocycles. The minimum atomic E-state index is -0.0806. The lowest BCUT2D eigenvalue weighted by Gasteiger charge is -2.13. The highest BCUT2D eigenvalue weighted by atomic mass is 35.5. The van der Waals surface area contributed by atoms with Crippen LogP contribution >= 0.6 is 23.2 Å². The Labute approximate surface area is 134 Å². The van der Waals surface area contributed by atoms with E-state index in [1.54, 1.807) is 0 Å². The van der Waals surface area contributed by atoms with Gasteiger partial charge in [0.2, 0.25) is 0 Å². The summed E-state index contributed by atoms with van der Waals surface area (Å²) in [6.45, 7) is 0. The molecule has 2 aromatic carbocycles. The van der Waals surface area contributed by atoms with Crippen molar-refractivity contribution < 1.29 is 0 Å². The van der Waals surface area contributed by atoms with E-state index >= 15 is 0 Å². The van der Waals surface area contributed by atoms with E-state index in [-0.39, 0.29) is 12.0 Å². The molecule has 2 rings (SSSR count). The zero-order valence-corrected chi connectivity index (χ0v) is 13.0. The Bertz CT molecular complexity index is 602. The zero-order chi connectivity index (χ0) is 15.2. The molecule has 3 nitrogen and oxygen atoms in total. The van der Waals surface area contributed by atoms with Crippen molar-refractivity contribution in [1.82, 2.24) is 0 Å². The summed E-state index contributed by atoms with van der Waals surface area (Å²) < 4.78 is 0. The van der Waals surface area contributed by atoms with Crippen LogP contribution in [0.25, 0.3) is 0 Å². The number of aliphatic imine (C=N–C) groups is 1. The van der Waals surface area contributed by atoms with Gasteiger partial charge in [-0.3, -0.25) is 0 Å². The van der Waals surface area contributed by atoms with Crippen LogP contribution in [0.1, 0.15) is 23.6 Å². The summed E-state index contributed by atoms with van der Waals surface area (Å²) in [5.74, 6) is 0.0889. The summed E-state index contributed by atoms with van der Waals surface area (Å²) >= 11 is 11.8. The van der Waals surface area contributed by atoms with E-state index in [0.717, 1.165) is 23.4 Å². The smallest absolute Gasteiger partial charge is 0.186 e. The van der Waals surface area contributed by atoms with Crippen LogP contribution in [0.15, 0.2) is 53.5 Å². The number of nitrogens with two attached hydrogens (primary N) is 2. The van der Waals surface area contributed by atoms with Crippen molar-refractivity contribution in [2.75, 3.05) is 0 Å². The predicted molar refractivity (Wildman–Crippen MR) is 89.8 cm³/mol. The summed E-state index contributed by atoms with van der Waals surface area (Å²) in [4.78, 5) is 4.31. The van der Waals surface area contributed by atoms with Crippen molar-refractivity contribution in [2.45, 2.75) is 18.9 Å². The molecule has 0 aliphatic rings. The average Bonchev–Trinajstić information content (AvgIpc) is 2.46. The second kappa shape index (κ2) is 7.34. The van der Waals surface area contributed by atoms with Crippen LogP contribution in [-0.2, 0) is 6.42 Å². The Kier molecular flexibility index (Phi) is 5.48. The molecule has 0 fully saturated rings. The largest absolute Gasteiger partial charge is 0.370 e. The first-order valence-corrected chi connectivity index (χ1v) is 7.39. The monoisotopic (exact) mass is 321 g/mol. The molecule has 2 aromatic rings.